The van der Waals surface area contributed by atoms with Gasteiger partial charge in [-0.3, -0.25) is 4.79 Å². The maximum Gasteiger partial charge on any atom is 0.223 e. The van der Waals surface area contributed by atoms with Gasteiger partial charge >= 0.3 is 0 Å². The van der Waals surface area contributed by atoms with E-state index in [1.807, 2.05) is 0 Å². The lowest BCUT2D eigenvalue weighted by molar-refractivity contribution is -0.305. The second kappa shape index (κ2) is 7.19. The number of carboxylic acids is 1. The fraction of sp³-hybridized carbons (Fsp3) is 0.556. The Hall–Kier alpha value is -2.22. The van der Waals surface area contributed by atoms with Crippen LogP contribution in [0.1, 0.15) is 36.1 Å². The lowest BCUT2D eigenvalue weighted by Crippen LogP contribution is -2.49. The highest BCUT2D eigenvalue weighted by Gasteiger charge is 2.26. The molecular weight excluding hydrogens is 352 g/mol. The molecule has 4 rings (SSSR count). The highest BCUT2D eigenvalue weighted by Crippen LogP contribution is 2.39. The molecule has 1 aliphatic carbocycles. The maximum absolute atomic E-state index is 12.1. The number of aryl methyl sites for hydroxylation is 2. The predicted molar refractivity (Wildman–Crippen MR) is 97.1 cm³/mol. The standard InChI is InChI=1S/C18H22N4O3S/c23-14(5-6-15(24)25)21-7-9-22(10-8-21)17-16-12-3-1-2-4-13(12)26-18(16)20-11-19-17/h11H,1-10H2,(H,24,25)/p-1. The minimum atomic E-state index is -1.18. The van der Waals surface area contributed by atoms with E-state index in [0.717, 1.165) is 23.5 Å². The van der Waals surface area contributed by atoms with Crippen molar-refractivity contribution in [2.75, 3.05) is 31.1 Å². The molecule has 1 aliphatic heterocycles. The van der Waals surface area contributed by atoms with Crippen LogP contribution in [0.5, 0.6) is 0 Å². The summed E-state index contributed by atoms with van der Waals surface area (Å²) in [6, 6.07) is 0. The molecule has 0 atom stereocenters. The first-order valence-electron chi connectivity index (χ1n) is 9.11. The van der Waals surface area contributed by atoms with Gasteiger partial charge < -0.3 is 19.7 Å². The van der Waals surface area contributed by atoms with Crippen LogP contribution < -0.4 is 10.0 Å². The monoisotopic (exact) mass is 373 g/mol. The Morgan fingerprint density at radius 2 is 1.85 bits per heavy atom. The topological polar surface area (TPSA) is 89.5 Å². The zero-order valence-corrected chi connectivity index (χ0v) is 15.4. The summed E-state index contributed by atoms with van der Waals surface area (Å²) in [5.41, 5.74) is 1.42. The van der Waals surface area contributed by atoms with Crippen molar-refractivity contribution < 1.29 is 14.7 Å². The van der Waals surface area contributed by atoms with Gasteiger partial charge in [-0.25, -0.2) is 9.97 Å². The average Bonchev–Trinajstić information content (AvgIpc) is 3.05. The number of hydrogen-bond acceptors (Lipinski definition) is 7. The summed E-state index contributed by atoms with van der Waals surface area (Å²) in [7, 11) is 0. The summed E-state index contributed by atoms with van der Waals surface area (Å²) < 4.78 is 0. The van der Waals surface area contributed by atoms with Gasteiger partial charge in [0.15, 0.2) is 0 Å². The number of fused-ring (bicyclic) bond motifs is 3. The Kier molecular flexibility index (Phi) is 4.76. The van der Waals surface area contributed by atoms with Gasteiger partial charge in [0, 0.05) is 43.4 Å². The Labute approximate surface area is 155 Å². The molecule has 8 heteroatoms. The number of carbonyl (C=O) groups excluding carboxylic acids is 2. The molecule has 1 fully saturated rings. The maximum atomic E-state index is 12.1. The Morgan fingerprint density at radius 3 is 2.62 bits per heavy atom. The molecule has 1 amide bonds. The third-order valence-corrected chi connectivity index (χ3v) is 6.41. The Balaban J connectivity index is 1.50. The quantitative estimate of drug-likeness (QED) is 0.786. The van der Waals surface area contributed by atoms with Gasteiger partial charge in [0.05, 0.1) is 5.39 Å². The number of aliphatic carboxylic acids is 1. The molecule has 0 aromatic carbocycles. The van der Waals surface area contributed by atoms with Crippen molar-refractivity contribution in [3.8, 4) is 0 Å². The summed E-state index contributed by atoms with van der Waals surface area (Å²) in [6.45, 7) is 2.58. The molecule has 0 saturated carbocycles. The number of aromatic nitrogens is 2. The Bertz CT molecular complexity index is 842. The lowest BCUT2D eigenvalue weighted by atomic mass is 9.97. The number of amides is 1. The van der Waals surface area contributed by atoms with Crippen molar-refractivity contribution in [1.29, 1.82) is 0 Å². The molecule has 2 aromatic rings. The third kappa shape index (κ3) is 3.25. The number of carbonyl (C=O) groups is 2. The fourth-order valence-electron chi connectivity index (χ4n) is 3.85. The van der Waals surface area contributed by atoms with Crippen LogP contribution in [0.3, 0.4) is 0 Å². The van der Waals surface area contributed by atoms with Crippen LogP contribution in [0, 0.1) is 0 Å². The molecule has 0 spiro atoms. The van der Waals surface area contributed by atoms with Gasteiger partial charge in [0.25, 0.3) is 0 Å². The van der Waals surface area contributed by atoms with E-state index in [1.165, 1.54) is 28.7 Å². The smallest absolute Gasteiger partial charge is 0.223 e. The minimum Gasteiger partial charge on any atom is -0.550 e. The molecule has 0 bridgehead atoms. The van der Waals surface area contributed by atoms with Crippen LogP contribution in [0.4, 0.5) is 5.82 Å². The molecular formula is C18H21N4O3S-. The second-order valence-corrected chi connectivity index (χ2v) is 7.91. The summed E-state index contributed by atoms with van der Waals surface area (Å²) in [5, 5.41) is 11.7. The van der Waals surface area contributed by atoms with Gasteiger partial charge in [-0.05, 0) is 37.7 Å². The third-order valence-electron chi connectivity index (χ3n) is 5.21. The van der Waals surface area contributed by atoms with E-state index < -0.39 is 5.97 Å². The molecule has 2 aromatic heterocycles. The first kappa shape index (κ1) is 17.2. The Morgan fingerprint density at radius 1 is 1.08 bits per heavy atom. The predicted octanol–water partition coefficient (Wildman–Crippen LogP) is 0.749. The molecule has 0 radical (unpaired) electrons. The van der Waals surface area contributed by atoms with E-state index in [-0.39, 0.29) is 18.7 Å². The summed E-state index contributed by atoms with van der Waals surface area (Å²) in [6.07, 6.45) is 6.12. The first-order chi connectivity index (χ1) is 12.6. The molecule has 138 valence electrons. The van der Waals surface area contributed by atoms with Gasteiger partial charge in [0.2, 0.25) is 5.91 Å². The number of anilines is 1. The molecule has 0 N–H and O–H groups in total. The van der Waals surface area contributed by atoms with E-state index in [1.54, 1.807) is 22.6 Å². The van der Waals surface area contributed by atoms with Crippen molar-refractivity contribution in [2.24, 2.45) is 0 Å². The van der Waals surface area contributed by atoms with Crippen molar-refractivity contribution >= 4 is 39.2 Å². The van der Waals surface area contributed by atoms with Crippen molar-refractivity contribution in [3.63, 3.8) is 0 Å². The summed E-state index contributed by atoms with van der Waals surface area (Å²) >= 11 is 1.79. The number of rotatable bonds is 4. The fourth-order valence-corrected chi connectivity index (χ4v) is 5.07. The SMILES string of the molecule is O=C([O-])CCC(=O)N1CCN(c2ncnc3sc4c(c23)CCCC4)CC1. The van der Waals surface area contributed by atoms with E-state index in [0.29, 0.717) is 26.2 Å². The van der Waals surface area contributed by atoms with Crippen LogP contribution in [-0.2, 0) is 22.4 Å². The van der Waals surface area contributed by atoms with Crippen LogP contribution in [-0.4, -0.2) is 52.9 Å². The zero-order chi connectivity index (χ0) is 18.1. The van der Waals surface area contributed by atoms with Crippen LogP contribution in [0.15, 0.2) is 6.33 Å². The van der Waals surface area contributed by atoms with Crippen molar-refractivity contribution in [2.45, 2.75) is 38.5 Å². The van der Waals surface area contributed by atoms with Gasteiger partial charge in [-0.1, -0.05) is 0 Å². The minimum absolute atomic E-state index is 0.0120. The van der Waals surface area contributed by atoms with Crippen LogP contribution in [0.25, 0.3) is 10.2 Å². The van der Waals surface area contributed by atoms with E-state index in [2.05, 4.69) is 14.9 Å². The van der Waals surface area contributed by atoms with Gasteiger partial charge in [-0.2, -0.15) is 0 Å². The number of piperazine rings is 1. The molecule has 7 nitrogen and oxygen atoms in total. The number of nitrogens with zero attached hydrogens (tertiary/aromatic N) is 4. The summed E-state index contributed by atoms with van der Waals surface area (Å²) in [4.78, 5) is 38.2. The van der Waals surface area contributed by atoms with Crippen LogP contribution >= 0.6 is 11.3 Å². The van der Waals surface area contributed by atoms with E-state index in [4.69, 9.17) is 0 Å². The highest BCUT2D eigenvalue weighted by atomic mass is 32.1. The average molecular weight is 373 g/mol. The first-order valence-corrected chi connectivity index (χ1v) is 9.93. The second-order valence-electron chi connectivity index (χ2n) is 6.83. The number of carboxylic acid groups (broad SMARTS) is 1. The molecule has 3 heterocycles. The molecule has 1 saturated heterocycles. The van der Waals surface area contributed by atoms with Crippen molar-refractivity contribution in [3.05, 3.63) is 16.8 Å². The normalized spacial score (nSPS) is 17.4. The van der Waals surface area contributed by atoms with Crippen molar-refractivity contribution in [1.82, 2.24) is 14.9 Å². The van der Waals surface area contributed by atoms with Gasteiger partial charge in [-0.15, -0.1) is 11.3 Å². The lowest BCUT2D eigenvalue weighted by Gasteiger charge is -2.36. The molecule has 0 unspecified atom stereocenters. The van der Waals surface area contributed by atoms with E-state index >= 15 is 0 Å². The number of hydrogen-bond donors (Lipinski definition) is 0. The van der Waals surface area contributed by atoms with E-state index in [9.17, 15) is 14.7 Å². The molecule has 2 aliphatic rings. The largest absolute Gasteiger partial charge is 0.550 e. The summed E-state index contributed by atoms with van der Waals surface area (Å²) in [5.74, 6) is -0.312. The zero-order valence-electron chi connectivity index (χ0n) is 14.6. The highest BCUT2D eigenvalue weighted by molar-refractivity contribution is 7.19. The van der Waals surface area contributed by atoms with Gasteiger partial charge in [0.1, 0.15) is 17.0 Å². The molecule has 26 heavy (non-hydrogen) atoms. The number of thiophene rings is 1. The van der Waals surface area contributed by atoms with Crippen LogP contribution in [0.2, 0.25) is 0 Å².